The van der Waals surface area contributed by atoms with Gasteiger partial charge in [-0.25, -0.2) is 9.37 Å². The summed E-state index contributed by atoms with van der Waals surface area (Å²) in [5, 5.41) is 0.449. The molecule has 0 saturated carbocycles. The summed E-state index contributed by atoms with van der Waals surface area (Å²) in [5.74, 6) is 0.966. The molecule has 0 aliphatic carbocycles. The molecule has 1 aromatic heterocycles. The Morgan fingerprint density at radius 1 is 1.09 bits per heavy atom. The van der Waals surface area contributed by atoms with E-state index in [1.54, 1.807) is 33.7 Å². The van der Waals surface area contributed by atoms with Crippen LogP contribution >= 0.6 is 0 Å². The Balaban J connectivity index is 1.44. The summed E-state index contributed by atoms with van der Waals surface area (Å²) >= 11 is 0. The fourth-order valence-electron chi connectivity index (χ4n) is 4.19. The quantitative estimate of drug-likeness (QED) is 0.569. The Morgan fingerprint density at radius 2 is 1.82 bits per heavy atom. The van der Waals surface area contributed by atoms with Crippen LogP contribution < -0.4 is 19.9 Å². The lowest BCUT2D eigenvalue weighted by Gasteiger charge is -2.36. The Kier molecular flexibility index (Phi) is 5.45. The van der Waals surface area contributed by atoms with Crippen LogP contribution in [0.4, 0.5) is 10.3 Å². The van der Waals surface area contributed by atoms with Gasteiger partial charge in [0.1, 0.15) is 19.0 Å². The second kappa shape index (κ2) is 8.57. The van der Waals surface area contributed by atoms with Crippen molar-refractivity contribution in [1.82, 2.24) is 14.5 Å². The minimum absolute atomic E-state index is 0.190. The van der Waals surface area contributed by atoms with Gasteiger partial charge in [-0.1, -0.05) is 12.1 Å². The highest BCUT2D eigenvalue weighted by molar-refractivity contribution is 5.94. The lowest BCUT2D eigenvalue weighted by Crippen LogP contribution is -2.50. The molecular weight excluding hydrogens is 427 g/mol. The van der Waals surface area contributed by atoms with E-state index in [0.29, 0.717) is 79.9 Å². The number of rotatable bonds is 4. The zero-order chi connectivity index (χ0) is 22.9. The SMILES string of the molecule is C=CCn1c(N2CCN(C(=O)c3cccc(F)c3)CC2)nc2cc3c(cc2c1=O)OCCO3. The maximum atomic E-state index is 13.5. The summed E-state index contributed by atoms with van der Waals surface area (Å²) in [6.45, 7) is 6.79. The molecule has 2 aliphatic rings. The molecule has 9 heteroatoms. The molecule has 8 nitrogen and oxygen atoms in total. The van der Waals surface area contributed by atoms with Crippen LogP contribution in [-0.4, -0.2) is 59.8 Å². The number of hydrogen-bond donors (Lipinski definition) is 0. The molecule has 0 spiro atoms. The predicted octanol–water partition coefficient (Wildman–Crippen LogP) is 2.46. The molecule has 2 aromatic carbocycles. The van der Waals surface area contributed by atoms with Gasteiger partial charge in [-0.3, -0.25) is 14.2 Å². The van der Waals surface area contributed by atoms with Crippen molar-refractivity contribution in [3.05, 3.63) is 70.8 Å². The topological polar surface area (TPSA) is 76.9 Å². The molecule has 0 bridgehead atoms. The number of carbonyl (C=O) groups is 1. The summed E-state index contributed by atoms with van der Waals surface area (Å²) < 4.78 is 26.4. The molecule has 0 unspecified atom stereocenters. The van der Waals surface area contributed by atoms with Crippen LogP contribution in [0.1, 0.15) is 10.4 Å². The van der Waals surface area contributed by atoms with Crippen LogP contribution in [-0.2, 0) is 6.54 Å². The van der Waals surface area contributed by atoms with Crippen molar-refractivity contribution in [2.45, 2.75) is 6.54 Å². The largest absolute Gasteiger partial charge is 0.486 e. The van der Waals surface area contributed by atoms with E-state index in [9.17, 15) is 14.0 Å². The number of allylic oxidation sites excluding steroid dienone is 1. The molecule has 3 heterocycles. The highest BCUT2D eigenvalue weighted by Crippen LogP contribution is 2.33. The fraction of sp³-hybridized carbons (Fsp3) is 0.292. The van der Waals surface area contributed by atoms with Crippen molar-refractivity contribution in [2.75, 3.05) is 44.3 Å². The minimum atomic E-state index is -0.440. The standard InChI is InChI=1S/C24H23FN4O4/c1-2-6-29-23(31)18-14-20-21(33-12-11-32-20)15-19(18)26-24(29)28-9-7-27(8-10-28)22(30)16-4-3-5-17(25)13-16/h2-5,13-15H,1,6-12H2. The lowest BCUT2D eigenvalue weighted by molar-refractivity contribution is 0.0745. The highest BCUT2D eigenvalue weighted by atomic mass is 19.1. The van der Waals surface area contributed by atoms with E-state index in [4.69, 9.17) is 14.5 Å². The van der Waals surface area contributed by atoms with Gasteiger partial charge in [0.25, 0.3) is 11.5 Å². The zero-order valence-corrected chi connectivity index (χ0v) is 18.0. The minimum Gasteiger partial charge on any atom is -0.486 e. The average molecular weight is 450 g/mol. The highest BCUT2D eigenvalue weighted by Gasteiger charge is 2.26. The number of nitrogens with zero attached hydrogens (tertiary/aromatic N) is 4. The van der Waals surface area contributed by atoms with E-state index in [2.05, 4.69) is 6.58 Å². The summed E-state index contributed by atoms with van der Waals surface area (Å²) in [4.78, 5) is 34.5. The number of piperazine rings is 1. The molecule has 5 rings (SSSR count). The Hall–Kier alpha value is -3.88. The van der Waals surface area contributed by atoms with Gasteiger partial charge >= 0.3 is 0 Å². The number of fused-ring (bicyclic) bond motifs is 2. The molecule has 0 N–H and O–H groups in total. The second-order valence-electron chi connectivity index (χ2n) is 7.92. The van der Waals surface area contributed by atoms with Crippen molar-refractivity contribution in [2.24, 2.45) is 0 Å². The van der Waals surface area contributed by atoms with Crippen molar-refractivity contribution in [3.8, 4) is 11.5 Å². The van der Waals surface area contributed by atoms with Crippen LogP contribution in [0.3, 0.4) is 0 Å². The van der Waals surface area contributed by atoms with E-state index in [1.807, 2.05) is 4.90 Å². The third-order valence-corrected chi connectivity index (χ3v) is 5.83. The van der Waals surface area contributed by atoms with E-state index >= 15 is 0 Å². The molecule has 0 radical (unpaired) electrons. The molecular formula is C24H23FN4O4. The Morgan fingerprint density at radius 3 is 2.52 bits per heavy atom. The average Bonchev–Trinajstić information content (AvgIpc) is 2.84. The first-order valence-electron chi connectivity index (χ1n) is 10.8. The van der Waals surface area contributed by atoms with Gasteiger partial charge in [-0.2, -0.15) is 0 Å². The molecule has 33 heavy (non-hydrogen) atoms. The lowest BCUT2D eigenvalue weighted by atomic mass is 10.1. The molecule has 1 amide bonds. The van der Waals surface area contributed by atoms with Crippen molar-refractivity contribution in [1.29, 1.82) is 0 Å². The number of anilines is 1. The molecule has 0 atom stereocenters. The Labute approximate surface area is 189 Å². The first kappa shape index (κ1) is 21.0. The molecule has 1 saturated heterocycles. The monoisotopic (exact) mass is 450 g/mol. The number of ether oxygens (including phenoxy) is 2. The van der Waals surface area contributed by atoms with Crippen LogP contribution in [0.2, 0.25) is 0 Å². The smallest absolute Gasteiger partial charge is 0.263 e. The fourth-order valence-corrected chi connectivity index (χ4v) is 4.19. The number of benzene rings is 2. The number of aromatic nitrogens is 2. The number of amides is 1. The number of hydrogen-bond acceptors (Lipinski definition) is 6. The van der Waals surface area contributed by atoms with Crippen molar-refractivity contribution >= 4 is 22.8 Å². The maximum absolute atomic E-state index is 13.5. The third kappa shape index (κ3) is 3.90. The van der Waals surface area contributed by atoms with Gasteiger partial charge < -0.3 is 19.3 Å². The van der Waals surface area contributed by atoms with Crippen LogP contribution in [0.5, 0.6) is 11.5 Å². The summed E-state index contributed by atoms with van der Waals surface area (Å²) in [6, 6.07) is 9.10. The van der Waals surface area contributed by atoms with E-state index < -0.39 is 5.82 Å². The predicted molar refractivity (Wildman–Crippen MR) is 122 cm³/mol. The molecule has 170 valence electrons. The van der Waals surface area contributed by atoms with Gasteiger partial charge in [-0.05, 0) is 24.3 Å². The summed E-state index contributed by atoms with van der Waals surface area (Å²) in [7, 11) is 0. The van der Waals surface area contributed by atoms with Crippen molar-refractivity contribution < 1.29 is 18.7 Å². The normalized spacial score (nSPS) is 15.5. The summed E-state index contributed by atoms with van der Waals surface area (Å²) in [6.07, 6.45) is 1.65. The van der Waals surface area contributed by atoms with E-state index in [0.717, 1.165) is 0 Å². The second-order valence-corrected chi connectivity index (χ2v) is 7.92. The molecule has 3 aromatic rings. The first-order valence-corrected chi connectivity index (χ1v) is 10.8. The van der Waals surface area contributed by atoms with E-state index in [-0.39, 0.29) is 11.5 Å². The van der Waals surface area contributed by atoms with Crippen molar-refractivity contribution in [3.63, 3.8) is 0 Å². The summed E-state index contributed by atoms with van der Waals surface area (Å²) in [5.41, 5.74) is 0.658. The number of carbonyl (C=O) groups excluding carboxylic acids is 1. The van der Waals surface area contributed by atoms with Crippen LogP contribution in [0, 0.1) is 5.82 Å². The van der Waals surface area contributed by atoms with Gasteiger partial charge in [0.15, 0.2) is 11.5 Å². The van der Waals surface area contributed by atoms with Gasteiger partial charge in [0.05, 0.1) is 10.9 Å². The van der Waals surface area contributed by atoms with Gasteiger partial charge in [-0.15, -0.1) is 6.58 Å². The van der Waals surface area contributed by atoms with Crippen LogP contribution in [0.15, 0.2) is 53.8 Å². The zero-order valence-electron chi connectivity index (χ0n) is 18.0. The van der Waals surface area contributed by atoms with E-state index in [1.165, 1.54) is 18.2 Å². The van der Waals surface area contributed by atoms with Crippen LogP contribution in [0.25, 0.3) is 10.9 Å². The Bertz CT molecular complexity index is 1300. The number of halogens is 1. The van der Waals surface area contributed by atoms with Gasteiger partial charge in [0.2, 0.25) is 5.95 Å². The maximum Gasteiger partial charge on any atom is 0.263 e. The molecule has 2 aliphatic heterocycles. The molecule has 1 fully saturated rings. The third-order valence-electron chi connectivity index (χ3n) is 5.83. The van der Waals surface area contributed by atoms with Gasteiger partial charge in [0, 0.05) is 44.4 Å². The first-order chi connectivity index (χ1) is 16.0.